The molecule has 0 spiro atoms. The first-order chi connectivity index (χ1) is 8.54. The smallest absolute Gasteiger partial charge is 0.115 e. The van der Waals surface area contributed by atoms with Crippen LogP contribution in [0.25, 0.3) is 0 Å². The molecule has 18 heavy (non-hydrogen) atoms. The Bertz CT molecular complexity index is 323. The molecule has 0 aromatic heterocycles. The summed E-state index contributed by atoms with van der Waals surface area (Å²) in [5.74, 6) is 1.49. The maximum atomic E-state index is 9.51. The molecule has 0 amide bonds. The molecule has 0 bridgehead atoms. The molecule has 0 saturated carbocycles. The molecule has 1 aromatic rings. The highest BCUT2D eigenvalue weighted by Gasteiger charge is 2.18. The minimum Gasteiger partial charge on any atom is -0.508 e. The van der Waals surface area contributed by atoms with E-state index in [-0.39, 0.29) is 0 Å². The highest BCUT2D eigenvalue weighted by atomic mass is 16.3. The fourth-order valence-corrected chi connectivity index (χ4v) is 2.43. The van der Waals surface area contributed by atoms with Crippen molar-refractivity contribution in [1.82, 2.24) is 4.90 Å². The van der Waals surface area contributed by atoms with Crippen molar-refractivity contribution in [3.8, 4) is 5.75 Å². The van der Waals surface area contributed by atoms with E-state index in [1.807, 2.05) is 26.0 Å². The van der Waals surface area contributed by atoms with Crippen LogP contribution in [0.2, 0.25) is 0 Å². The Labute approximate surface area is 113 Å². The Kier molecular flexibility index (Phi) is 8.47. The Balaban J connectivity index is 0.00000137. The van der Waals surface area contributed by atoms with Crippen molar-refractivity contribution in [2.45, 2.75) is 40.0 Å². The van der Waals surface area contributed by atoms with Gasteiger partial charge in [0.25, 0.3) is 0 Å². The average molecular weight is 251 g/mol. The van der Waals surface area contributed by atoms with Gasteiger partial charge in [-0.15, -0.1) is 0 Å². The molecule has 1 unspecified atom stereocenters. The molecule has 0 radical (unpaired) electrons. The summed E-state index contributed by atoms with van der Waals surface area (Å²) in [6, 6.07) is 7.66. The molecule has 0 aliphatic carbocycles. The lowest BCUT2D eigenvalue weighted by atomic mass is 9.85. The first-order valence-corrected chi connectivity index (χ1v) is 6.98. The second-order valence-corrected chi connectivity index (χ2v) is 4.85. The Morgan fingerprint density at radius 2 is 1.83 bits per heavy atom. The van der Waals surface area contributed by atoms with E-state index in [9.17, 15) is 5.11 Å². The average Bonchev–Trinajstić information content (AvgIpc) is 2.31. The molecule has 0 fully saturated rings. The number of aromatic hydroxyl groups is 1. The van der Waals surface area contributed by atoms with Crippen molar-refractivity contribution in [2.75, 3.05) is 20.6 Å². The molecule has 1 aromatic carbocycles. The summed E-state index contributed by atoms with van der Waals surface area (Å²) in [7, 11) is 4.21. The van der Waals surface area contributed by atoms with E-state index in [0.717, 1.165) is 13.0 Å². The lowest BCUT2D eigenvalue weighted by molar-refractivity contribution is 0.301. The quantitative estimate of drug-likeness (QED) is 0.851. The molecule has 0 heterocycles. The molecule has 0 saturated heterocycles. The van der Waals surface area contributed by atoms with Gasteiger partial charge in [-0.05, 0) is 50.0 Å². The molecular weight excluding hydrogens is 222 g/mol. The van der Waals surface area contributed by atoms with E-state index in [1.165, 1.54) is 5.56 Å². The monoisotopic (exact) mass is 251 g/mol. The van der Waals surface area contributed by atoms with Gasteiger partial charge in [0.2, 0.25) is 0 Å². The summed E-state index contributed by atoms with van der Waals surface area (Å²) >= 11 is 0. The van der Waals surface area contributed by atoms with Crippen molar-refractivity contribution in [3.05, 3.63) is 29.8 Å². The molecule has 2 atom stereocenters. The minimum absolute atomic E-state index is 0.369. The van der Waals surface area contributed by atoms with E-state index in [4.69, 9.17) is 0 Å². The largest absolute Gasteiger partial charge is 0.508 e. The fraction of sp³-hybridized carbons (Fsp3) is 0.625. The van der Waals surface area contributed by atoms with Crippen LogP contribution in [0, 0.1) is 5.92 Å². The van der Waals surface area contributed by atoms with Gasteiger partial charge in [-0.25, -0.2) is 0 Å². The summed E-state index contributed by atoms with van der Waals surface area (Å²) in [6.07, 6.45) is 1.11. The molecule has 2 heteroatoms. The third kappa shape index (κ3) is 5.54. The summed E-state index contributed by atoms with van der Waals surface area (Å²) in [5, 5.41) is 9.51. The van der Waals surface area contributed by atoms with Crippen molar-refractivity contribution < 1.29 is 5.11 Å². The maximum Gasteiger partial charge on any atom is 0.115 e. The van der Waals surface area contributed by atoms with Crippen LogP contribution in [-0.2, 0) is 0 Å². The van der Waals surface area contributed by atoms with Gasteiger partial charge < -0.3 is 10.0 Å². The van der Waals surface area contributed by atoms with E-state index in [2.05, 4.69) is 38.9 Å². The number of hydrogen-bond donors (Lipinski definition) is 1. The van der Waals surface area contributed by atoms with E-state index in [1.54, 1.807) is 6.07 Å². The molecule has 1 N–H and O–H groups in total. The third-order valence-corrected chi connectivity index (χ3v) is 3.08. The van der Waals surface area contributed by atoms with Crippen molar-refractivity contribution >= 4 is 0 Å². The van der Waals surface area contributed by atoms with Crippen LogP contribution >= 0.6 is 0 Å². The van der Waals surface area contributed by atoms with Crippen LogP contribution in [0.5, 0.6) is 5.75 Å². The number of hydrogen-bond acceptors (Lipinski definition) is 2. The second-order valence-electron chi connectivity index (χ2n) is 4.85. The standard InChI is InChI=1S/C14H23NO.C2H6/c1-5-14(11(2)10-15(3)4)12-7-6-8-13(16)9-12;1-2/h6-9,11,14,16H,5,10H2,1-4H3;1-2H3/t11-,14?;/m0./s1. The fourth-order valence-electron chi connectivity index (χ4n) is 2.43. The lowest BCUT2D eigenvalue weighted by Gasteiger charge is -2.26. The topological polar surface area (TPSA) is 23.5 Å². The summed E-state index contributed by atoms with van der Waals surface area (Å²) in [5.41, 5.74) is 1.25. The van der Waals surface area contributed by atoms with Gasteiger partial charge >= 0.3 is 0 Å². The van der Waals surface area contributed by atoms with Gasteiger partial charge in [-0.1, -0.05) is 39.8 Å². The van der Waals surface area contributed by atoms with E-state index < -0.39 is 0 Å². The van der Waals surface area contributed by atoms with Crippen LogP contribution in [0.15, 0.2) is 24.3 Å². The van der Waals surface area contributed by atoms with E-state index in [0.29, 0.717) is 17.6 Å². The first kappa shape index (κ1) is 17.0. The number of phenols is 1. The predicted octanol–water partition coefficient (Wildman–Crippen LogP) is 4.11. The highest BCUT2D eigenvalue weighted by Crippen LogP contribution is 2.30. The van der Waals surface area contributed by atoms with Gasteiger partial charge in [0, 0.05) is 6.54 Å². The molecule has 0 aliphatic rings. The molecule has 2 nitrogen and oxygen atoms in total. The zero-order valence-corrected chi connectivity index (χ0v) is 12.8. The van der Waals surface area contributed by atoms with Crippen molar-refractivity contribution in [1.29, 1.82) is 0 Å². The van der Waals surface area contributed by atoms with Gasteiger partial charge in [0.1, 0.15) is 5.75 Å². The van der Waals surface area contributed by atoms with Crippen LogP contribution in [0.4, 0.5) is 0 Å². The second kappa shape index (κ2) is 8.98. The zero-order valence-electron chi connectivity index (χ0n) is 12.8. The van der Waals surface area contributed by atoms with Crippen molar-refractivity contribution in [3.63, 3.8) is 0 Å². The van der Waals surface area contributed by atoms with E-state index >= 15 is 0 Å². The maximum absolute atomic E-state index is 9.51. The lowest BCUT2D eigenvalue weighted by Crippen LogP contribution is -2.24. The Morgan fingerprint density at radius 1 is 1.22 bits per heavy atom. The first-order valence-electron chi connectivity index (χ1n) is 6.98. The van der Waals surface area contributed by atoms with Crippen LogP contribution in [0.1, 0.15) is 45.6 Å². The number of benzene rings is 1. The third-order valence-electron chi connectivity index (χ3n) is 3.08. The Morgan fingerprint density at radius 3 is 2.28 bits per heavy atom. The van der Waals surface area contributed by atoms with Gasteiger partial charge in [0.05, 0.1) is 0 Å². The summed E-state index contributed by atoms with van der Waals surface area (Å²) in [6.45, 7) is 9.56. The highest BCUT2D eigenvalue weighted by molar-refractivity contribution is 5.30. The number of phenolic OH excluding ortho intramolecular Hbond substituents is 1. The number of rotatable bonds is 5. The summed E-state index contributed by atoms with van der Waals surface area (Å²) in [4.78, 5) is 2.22. The van der Waals surface area contributed by atoms with Crippen LogP contribution < -0.4 is 0 Å². The SMILES string of the molecule is CC.CCC(c1cccc(O)c1)[C@@H](C)CN(C)C. The molecule has 0 aliphatic heterocycles. The zero-order chi connectivity index (χ0) is 14.1. The minimum atomic E-state index is 0.369. The molecule has 104 valence electrons. The van der Waals surface area contributed by atoms with Gasteiger partial charge in [-0.2, -0.15) is 0 Å². The number of nitrogens with zero attached hydrogens (tertiary/aromatic N) is 1. The summed E-state index contributed by atoms with van der Waals surface area (Å²) < 4.78 is 0. The molecule has 1 rings (SSSR count). The van der Waals surface area contributed by atoms with Crippen molar-refractivity contribution in [2.24, 2.45) is 5.92 Å². The predicted molar refractivity (Wildman–Crippen MR) is 80.2 cm³/mol. The Hall–Kier alpha value is -1.02. The van der Waals surface area contributed by atoms with Crippen LogP contribution in [0.3, 0.4) is 0 Å². The molecular formula is C16H29NO. The van der Waals surface area contributed by atoms with Gasteiger partial charge in [-0.3, -0.25) is 0 Å². The van der Waals surface area contributed by atoms with Gasteiger partial charge in [0.15, 0.2) is 0 Å². The van der Waals surface area contributed by atoms with Crippen LogP contribution in [-0.4, -0.2) is 30.6 Å². The normalized spacial score (nSPS) is 13.7.